The highest BCUT2D eigenvalue weighted by Gasteiger charge is 2.30. The van der Waals surface area contributed by atoms with E-state index in [0.29, 0.717) is 37.3 Å². The number of urea groups is 1. The van der Waals surface area contributed by atoms with Crippen molar-refractivity contribution in [2.75, 3.05) is 5.32 Å². The molecule has 2 aromatic heterocycles. The number of aromatic nitrogens is 3. The fourth-order valence-corrected chi connectivity index (χ4v) is 6.27. The van der Waals surface area contributed by atoms with Crippen LogP contribution in [0.2, 0.25) is 5.82 Å². The van der Waals surface area contributed by atoms with E-state index in [1.54, 1.807) is 12.4 Å². The summed E-state index contributed by atoms with van der Waals surface area (Å²) in [7, 11) is -5.48. The molecule has 1 aromatic carbocycles. The maximum atomic E-state index is 13.0. The number of nitrogens with zero attached hydrogens (tertiary/aromatic N) is 3. The molecule has 40 heavy (non-hydrogen) atoms. The molecule has 212 valence electrons. The Labute approximate surface area is 234 Å². The highest BCUT2D eigenvalue weighted by atomic mass is 32.2. The number of aryl methyl sites for hydroxylation is 1. The number of carbonyl (C=O) groups is 1. The summed E-state index contributed by atoms with van der Waals surface area (Å²) in [4.78, 5) is 17.4. The van der Waals surface area contributed by atoms with Gasteiger partial charge in [0.1, 0.15) is 6.10 Å². The number of hydrogen-bond acceptors (Lipinski definition) is 8. The Morgan fingerprint density at radius 3 is 2.60 bits per heavy atom. The van der Waals surface area contributed by atoms with Gasteiger partial charge in [-0.05, 0) is 93.4 Å². The zero-order chi connectivity index (χ0) is 28.4. The standard InChI is InChI=1S/C27H34BN5O6S/c1-17(2)33-15-13-25(31-33)40(37,38)32-27(34)30-26-22-5-3-4-18(22)6-11-23(26)19-12-14-29-24(16-19)39-21-9-7-20(8-10-21)28(35)36/h6,11-17,20-21,35-36H,3-5,7-10H2,1-2H3,(H2,30,32,34). The number of benzene rings is 1. The molecule has 0 bridgehead atoms. The first-order chi connectivity index (χ1) is 19.1. The van der Waals surface area contributed by atoms with Crippen molar-refractivity contribution in [3.8, 4) is 17.0 Å². The van der Waals surface area contributed by atoms with Crippen molar-refractivity contribution < 1.29 is 28.0 Å². The first-order valence-electron chi connectivity index (χ1n) is 13.6. The molecule has 2 heterocycles. The number of anilines is 1. The van der Waals surface area contributed by atoms with Gasteiger partial charge in [0.05, 0.1) is 5.69 Å². The van der Waals surface area contributed by atoms with Gasteiger partial charge in [-0.15, -0.1) is 0 Å². The molecular formula is C27H34BN5O6S. The minimum atomic E-state index is -4.17. The second kappa shape index (κ2) is 11.6. The monoisotopic (exact) mass is 567 g/mol. The van der Waals surface area contributed by atoms with E-state index in [4.69, 9.17) is 4.74 Å². The van der Waals surface area contributed by atoms with Gasteiger partial charge in [-0.25, -0.2) is 14.5 Å². The van der Waals surface area contributed by atoms with Crippen LogP contribution in [-0.2, 0) is 22.9 Å². The molecule has 13 heteroatoms. The highest BCUT2D eigenvalue weighted by molar-refractivity contribution is 7.90. The van der Waals surface area contributed by atoms with E-state index in [2.05, 4.69) is 20.1 Å². The predicted octanol–water partition coefficient (Wildman–Crippen LogP) is 3.69. The van der Waals surface area contributed by atoms with Gasteiger partial charge in [-0.3, -0.25) is 4.68 Å². The maximum Gasteiger partial charge on any atom is 0.454 e. The Hall–Kier alpha value is -3.42. The zero-order valence-corrected chi connectivity index (χ0v) is 23.4. The van der Waals surface area contributed by atoms with Gasteiger partial charge in [0, 0.05) is 30.1 Å². The molecule has 1 saturated carbocycles. The summed E-state index contributed by atoms with van der Waals surface area (Å²) in [5, 5.41) is 25.5. The number of carbonyl (C=O) groups excluding carboxylic acids is 1. The molecule has 0 saturated heterocycles. The van der Waals surface area contributed by atoms with Gasteiger partial charge in [0.25, 0.3) is 10.0 Å². The minimum absolute atomic E-state index is 0.0232. The van der Waals surface area contributed by atoms with E-state index in [1.807, 2.05) is 38.1 Å². The van der Waals surface area contributed by atoms with Crippen LogP contribution in [0.4, 0.5) is 10.5 Å². The lowest BCUT2D eigenvalue weighted by molar-refractivity contribution is 0.143. The highest BCUT2D eigenvalue weighted by Crippen LogP contribution is 2.39. The van der Waals surface area contributed by atoms with Gasteiger partial charge in [-0.2, -0.15) is 13.5 Å². The molecule has 11 nitrogen and oxygen atoms in total. The van der Waals surface area contributed by atoms with E-state index in [0.717, 1.165) is 41.5 Å². The first-order valence-corrected chi connectivity index (χ1v) is 15.1. The van der Waals surface area contributed by atoms with Crippen LogP contribution >= 0.6 is 0 Å². The quantitative estimate of drug-likeness (QED) is 0.301. The third-order valence-corrected chi connectivity index (χ3v) is 8.83. The molecule has 2 aliphatic rings. The second-order valence-corrected chi connectivity index (χ2v) is 12.3. The zero-order valence-electron chi connectivity index (χ0n) is 22.6. The van der Waals surface area contributed by atoms with Crippen LogP contribution < -0.4 is 14.8 Å². The van der Waals surface area contributed by atoms with Gasteiger partial charge in [0.15, 0.2) is 5.03 Å². The van der Waals surface area contributed by atoms with Crippen molar-refractivity contribution in [2.45, 2.75) is 81.8 Å². The molecule has 2 aliphatic carbocycles. The van der Waals surface area contributed by atoms with Crippen molar-refractivity contribution in [1.29, 1.82) is 0 Å². The molecule has 2 amide bonds. The van der Waals surface area contributed by atoms with Gasteiger partial charge < -0.3 is 20.1 Å². The number of hydrogen-bond donors (Lipinski definition) is 4. The van der Waals surface area contributed by atoms with Crippen molar-refractivity contribution in [3.63, 3.8) is 0 Å². The second-order valence-electron chi connectivity index (χ2n) is 10.7. The number of pyridine rings is 1. The van der Waals surface area contributed by atoms with Crippen LogP contribution in [0.3, 0.4) is 0 Å². The number of rotatable bonds is 8. The Morgan fingerprint density at radius 1 is 1.12 bits per heavy atom. The molecule has 0 spiro atoms. The van der Waals surface area contributed by atoms with Crippen LogP contribution in [0.1, 0.15) is 63.1 Å². The Balaban J connectivity index is 1.36. The number of fused-ring (bicyclic) bond motifs is 1. The lowest BCUT2D eigenvalue weighted by Crippen LogP contribution is -2.35. The third kappa shape index (κ3) is 6.16. The smallest absolute Gasteiger partial charge is 0.454 e. The fraction of sp³-hybridized carbons (Fsp3) is 0.444. The largest absolute Gasteiger partial charge is 0.474 e. The normalized spacial score (nSPS) is 18.8. The van der Waals surface area contributed by atoms with Crippen LogP contribution in [-0.4, -0.2) is 52.5 Å². The summed E-state index contributed by atoms with van der Waals surface area (Å²) in [6.07, 6.45) is 8.43. The first kappa shape index (κ1) is 28.1. The molecule has 5 rings (SSSR count). The third-order valence-electron chi connectivity index (χ3n) is 7.61. The molecule has 0 aliphatic heterocycles. The van der Waals surface area contributed by atoms with Crippen LogP contribution in [0, 0.1) is 0 Å². The topological polar surface area (TPSA) is 156 Å². The lowest BCUT2D eigenvalue weighted by Gasteiger charge is -2.28. The fourth-order valence-electron chi connectivity index (χ4n) is 5.43. The molecular weight excluding hydrogens is 533 g/mol. The van der Waals surface area contributed by atoms with Crippen LogP contribution in [0.15, 0.2) is 47.8 Å². The molecule has 0 radical (unpaired) electrons. The molecule has 0 atom stereocenters. The maximum absolute atomic E-state index is 13.0. The summed E-state index contributed by atoms with van der Waals surface area (Å²) in [5.41, 5.74) is 4.16. The van der Waals surface area contributed by atoms with E-state index >= 15 is 0 Å². The van der Waals surface area contributed by atoms with Crippen molar-refractivity contribution in [3.05, 3.63) is 53.9 Å². The van der Waals surface area contributed by atoms with Crippen LogP contribution in [0.25, 0.3) is 11.1 Å². The van der Waals surface area contributed by atoms with E-state index in [1.165, 1.54) is 10.7 Å². The SMILES string of the molecule is CC(C)n1ccc(S(=O)(=O)NC(=O)Nc2c(-c3ccnc(OC4CCC(B(O)O)CC4)c3)ccc3c2CCC3)n1. The molecule has 4 N–H and O–H groups in total. The predicted molar refractivity (Wildman–Crippen MR) is 150 cm³/mol. The van der Waals surface area contributed by atoms with Crippen molar-refractivity contribution in [1.82, 2.24) is 19.5 Å². The Morgan fingerprint density at radius 2 is 1.90 bits per heavy atom. The summed E-state index contributed by atoms with van der Waals surface area (Å²) in [5.74, 6) is 0.296. The summed E-state index contributed by atoms with van der Waals surface area (Å²) < 4.78 is 35.4. The molecule has 0 unspecified atom stereocenters. The van der Waals surface area contributed by atoms with E-state index in [-0.39, 0.29) is 23.0 Å². The minimum Gasteiger partial charge on any atom is -0.474 e. The van der Waals surface area contributed by atoms with Gasteiger partial charge in [-0.1, -0.05) is 12.1 Å². The summed E-state index contributed by atoms with van der Waals surface area (Å²) in [6, 6.07) is 8.06. The molecule has 3 aromatic rings. The van der Waals surface area contributed by atoms with Gasteiger partial charge >= 0.3 is 13.1 Å². The summed E-state index contributed by atoms with van der Waals surface area (Å²) >= 11 is 0. The number of sulfonamides is 1. The van der Waals surface area contributed by atoms with Crippen molar-refractivity contribution in [2.24, 2.45) is 0 Å². The van der Waals surface area contributed by atoms with Gasteiger partial charge in [0.2, 0.25) is 5.88 Å². The number of nitrogens with one attached hydrogen (secondary N) is 2. The average molecular weight is 567 g/mol. The summed E-state index contributed by atoms with van der Waals surface area (Å²) in [6.45, 7) is 3.76. The van der Waals surface area contributed by atoms with Crippen molar-refractivity contribution >= 4 is 28.9 Å². The Bertz CT molecular complexity index is 1480. The average Bonchev–Trinajstić information content (AvgIpc) is 3.60. The van der Waals surface area contributed by atoms with E-state index < -0.39 is 23.2 Å². The van der Waals surface area contributed by atoms with E-state index in [9.17, 15) is 23.3 Å². The van der Waals surface area contributed by atoms with Crippen LogP contribution in [0.5, 0.6) is 5.88 Å². The Kier molecular flexibility index (Phi) is 8.15. The lowest BCUT2D eigenvalue weighted by atomic mass is 9.65. The number of amides is 2. The number of ether oxygens (including phenoxy) is 1. The molecule has 1 fully saturated rings.